The fourth-order valence-electron chi connectivity index (χ4n) is 2.68. The van der Waals surface area contributed by atoms with Gasteiger partial charge in [0.15, 0.2) is 5.16 Å². The number of carbonyl (C=O) groups excluding carboxylic acids is 1. The molecule has 0 saturated carbocycles. The topological polar surface area (TPSA) is 58.1 Å². The highest BCUT2D eigenvalue weighted by Gasteiger charge is 2.24. The molecule has 1 N–H and O–H groups in total. The number of hydrogen-bond acceptors (Lipinski definition) is 5. The van der Waals surface area contributed by atoms with Gasteiger partial charge >= 0.3 is 0 Å². The number of thioether (sulfide) groups is 1. The van der Waals surface area contributed by atoms with Crippen LogP contribution in [0.4, 0.5) is 0 Å². The summed E-state index contributed by atoms with van der Waals surface area (Å²) in [4.78, 5) is 23.0. The molecule has 2 rings (SSSR count). The maximum absolute atomic E-state index is 11.8. The summed E-state index contributed by atoms with van der Waals surface area (Å²) in [5.74, 6) is 1.35. The lowest BCUT2D eigenvalue weighted by Crippen LogP contribution is -2.41. The second kappa shape index (κ2) is 9.10. The van der Waals surface area contributed by atoms with Gasteiger partial charge in [0.05, 0.1) is 5.92 Å². The largest absolute Gasteiger partial charge is 0.359 e. The average molecular weight is 322 g/mol. The summed E-state index contributed by atoms with van der Waals surface area (Å²) < 4.78 is 0. The number of nitrogens with one attached hydrogen (secondary N) is 1. The molecule has 1 aliphatic rings. The van der Waals surface area contributed by atoms with Gasteiger partial charge in [-0.2, -0.15) is 0 Å². The fraction of sp³-hybridized carbons (Fsp3) is 0.688. The van der Waals surface area contributed by atoms with Gasteiger partial charge in [-0.25, -0.2) is 9.97 Å². The molecule has 1 saturated heterocycles. The molecule has 1 atom stereocenters. The van der Waals surface area contributed by atoms with Crippen molar-refractivity contribution in [2.45, 2.75) is 44.3 Å². The minimum atomic E-state index is 0.114. The van der Waals surface area contributed by atoms with E-state index in [4.69, 9.17) is 0 Å². The lowest BCUT2D eigenvalue weighted by Gasteiger charge is -2.31. The third kappa shape index (κ3) is 5.25. The molecule has 5 nitrogen and oxygen atoms in total. The molecule has 122 valence electrons. The van der Waals surface area contributed by atoms with E-state index in [0.717, 1.165) is 48.9 Å². The maximum Gasteiger partial charge on any atom is 0.224 e. The molecule has 2 heterocycles. The van der Waals surface area contributed by atoms with Crippen LogP contribution >= 0.6 is 11.8 Å². The normalized spacial score (nSPS) is 19.1. The number of unbranched alkanes of at least 4 members (excludes halogenated alkanes) is 1. The van der Waals surface area contributed by atoms with E-state index in [2.05, 4.69) is 27.1 Å². The Morgan fingerprint density at radius 3 is 2.91 bits per heavy atom. The highest BCUT2D eigenvalue weighted by atomic mass is 32.2. The Balaban J connectivity index is 1.83. The van der Waals surface area contributed by atoms with E-state index in [9.17, 15) is 4.79 Å². The van der Waals surface area contributed by atoms with E-state index in [0.29, 0.717) is 0 Å². The van der Waals surface area contributed by atoms with Gasteiger partial charge in [0.1, 0.15) is 0 Å². The molecule has 1 aromatic heterocycles. The summed E-state index contributed by atoms with van der Waals surface area (Å²) in [6.45, 7) is 4.88. The van der Waals surface area contributed by atoms with E-state index < -0.39 is 0 Å². The van der Waals surface area contributed by atoms with Gasteiger partial charge in [-0.1, -0.05) is 25.1 Å². The second-order valence-electron chi connectivity index (χ2n) is 5.76. The van der Waals surface area contributed by atoms with Crippen LogP contribution in [0.25, 0.3) is 0 Å². The fourth-order valence-corrected chi connectivity index (χ4v) is 3.55. The molecular weight excluding hydrogens is 296 g/mol. The molecule has 0 aliphatic carbocycles. The van der Waals surface area contributed by atoms with Gasteiger partial charge in [0.2, 0.25) is 5.91 Å². The van der Waals surface area contributed by atoms with Gasteiger partial charge in [0, 0.05) is 43.8 Å². The van der Waals surface area contributed by atoms with Crippen molar-refractivity contribution in [2.75, 3.05) is 25.9 Å². The smallest absolute Gasteiger partial charge is 0.224 e. The number of nitrogens with zero attached hydrogens (tertiary/aromatic N) is 3. The molecule has 22 heavy (non-hydrogen) atoms. The number of rotatable bonds is 7. The minimum absolute atomic E-state index is 0.114. The first kappa shape index (κ1) is 17.2. The molecule has 1 aromatic rings. The van der Waals surface area contributed by atoms with E-state index in [1.807, 2.05) is 12.4 Å². The van der Waals surface area contributed by atoms with Crippen LogP contribution in [-0.2, 0) is 11.3 Å². The van der Waals surface area contributed by atoms with Crippen molar-refractivity contribution >= 4 is 17.7 Å². The van der Waals surface area contributed by atoms with Crippen molar-refractivity contribution in [1.82, 2.24) is 20.2 Å². The zero-order chi connectivity index (χ0) is 15.8. The zero-order valence-electron chi connectivity index (χ0n) is 13.5. The summed E-state index contributed by atoms with van der Waals surface area (Å²) in [6, 6.07) is 0. The maximum atomic E-state index is 11.8. The lowest BCUT2D eigenvalue weighted by atomic mass is 9.97. The van der Waals surface area contributed by atoms with Crippen LogP contribution in [0.15, 0.2) is 17.6 Å². The van der Waals surface area contributed by atoms with E-state index in [1.165, 1.54) is 12.8 Å². The van der Waals surface area contributed by atoms with Crippen LogP contribution in [0.1, 0.15) is 38.2 Å². The Hall–Kier alpha value is -1.14. The van der Waals surface area contributed by atoms with E-state index in [1.54, 1.807) is 18.8 Å². The molecule has 0 spiro atoms. The van der Waals surface area contributed by atoms with Crippen molar-refractivity contribution in [3.05, 3.63) is 18.0 Å². The monoisotopic (exact) mass is 322 g/mol. The predicted octanol–water partition coefficient (Wildman–Crippen LogP) is 2.33. The third-order valence-electron chi connectivity index (χ3n) is 3.94. The number of hydrogen-bond donors (Lipinski definition) is 1. The summed E-state index contributed by atoms with van der Waals surface area (Å²) in [5.41, 5.74) is 1.12. The number of piperidine rings is 1. The molecule has 1 aliphatic heterocycles. The van der Waals surface area contributed by atoms with E-state index in [-0.39, 0.29) is 11.8 Å². The molecular formula is C16H26N4OS. The summed E-state index contributed by atoms with van der Waals surface area (Å²) in [5, 5.41) is 3.62. The molecule has 1 fully saturated rings. The molecule has 0 bridgehead atoms. The molecule has 0 radical (unpaired) electrons. The standard InChI is InChI=1S/C16H26N4OS/c1-3-4-8-22-16-18-9-13(10-19-16)11-20-7-5-6-14(12-20)15(21)17-2/h9-10,14H,3-8,11-12H2,1-2H3,(H,17,21). The summed E-state index contributed by atoms with van der Waals surface area (Å²) in [6.07, 6.45) is 8.30. The van der Waals surface area contributed by atoms with E-state index >= 15 is 0 Å². The average Bonchev–Trinajstić information content (AvgIpc) is 2.56. The second-order valence-corrected chi connectivity index (χ2v) is 6.83. The highest BCUT2D eigenvalue weighted by molar-refractivity contribution is 7.99. The Morgan fingerprint density at radius 2 is 2.23 bits per heavy atom. The van der Waals surface area contributed by atoms with Gasteiger partial charge in [0.25, 0.3) is 0 Å². The Kier molecular flexibility index (Phi) is 7.12. The van der Waals surface area contributed by atoms with Crippen LogP contribution in [-0.4, -0.2) is 46.7 Å². The van der Waals surface area contributed by atoms with Crippen molar-refractivity contribution in [1.29, 1.82) is 0 Å². The van der Waals surface area contributed by atoms with Crippen LogP contribution in [0, 0.1) is 5.92 Å². The molecule has 6 heteroatoms. The quantitative estimate of drug-likeness (QED) is 0.474. The Morgan fingerprint density at radius 1 is 1.45 bits per heavy atom. The Bertz CT molecular complexity index is 466. The number of aromatic nitrogens is 2. The Labute approximate surface area is 137 Å². The van der Waals surface area contributed by atoms with Crippen LogP contribution in [0.2, 0.25) is 0 Å². The molecule has 1 amide bonds. The highest BCUT2D eigenvalue weighted by Crippen LogP contribution is 2.19. The van der Waals surface area contributed by atoms with Gasteiger partial charge in [-0.3, -0.25) is 9.69 Å². The zero-order valence-corrected chi connectivity index (χ0v) is 14.4. The first-order valence-electron chi connectivity index (χ1n) is 8.10. The number of likely N-dealkylation sites (tertiary alicyclic amines) is 1. The van der Waals surface area contributed by atoms with Crippen molar-refractivity contribution < 1.29 is 4.79 Å². The van der Waals surface area contributed by atoms with Gasteiger partial charge in [-0.15, -0.1) is 0 Å². The SMILES string of the molecule is CCCCSc1ncc(CN2CCCC(C(=O)NC)C2)cn1. The third-order valence-corrected chi connectivity index (χ3v) is 4.90. The van der Waals surface area contributed by atoms with Gasteiger partial charge < -0.3 is 5.32 Å². The van der Waals surface area contributed by atoms with Crippen molar-refractivity contribution in [3.63, 3.8) is 0 Å². The van der Waals surface area contributed by atoms with Crippen molar-refractivity contribution in [3.8, 4) is 0 Å². The van der Waals surface area contributed by atoms with Crippen molar-refractivity contribution in [2.24, 2.45) is 5.92 Å². The molecule has 1 unspecified atom stereocenters. The summed E-state index contributed by atoms with van der Waals surface area (Å²) in [7, 11) is 1.71. The van der Waals surface area contributed by atoms with Crippen LogP contribution in [0.5, 0.6) is 0 Å². The predicted molar refractivity (Wildman–Crippen MR) is 89.7 cm³/mol. The van der Waals surface area contributed by atoms with Crippen LogP contribution < -0.4 is 5.32 Å². The minimum Gasteiger partial charge on any atom is -0.359 e. The first-order valence-corrected chi connectivity index (χ1v) is 9.09. The number of amides is 1. The lowest BCUT2D eigenvalue weighted by molar-refractivity contribution is -0.126. The van der Waals surface area contributed by atoms with Gasteiger partial charge in [-0.05, 0) is 25.8 Å². The summed E-state index contributed by atoms with van der Waals surface area (Å²) >= 11 is 1.72. The first-order chi connectivity index (χ1) is 10.7. The van der Waals surface area contributed by atoms with Crippen LogP contribution in [0.3, 0.4) is 0 Å². The molecule has 0 aromatic carbocycles. The number of carbonyl (C=O) groups is 1.